The topological polar surface area (TPSA) is 35.5 Å². The van der Waals surface area contributed by atoms with Gasteiger partial charge >= 0.3 is 14.2 Å². The molecule has 0 bridgehead atoms. The highest BCUT2D eigenvalue weighted by Crippen LogP contribution is 2.38. The van der Waals surface area contributed by atoms with E-state index in [4.69, 9.17) is 32.5 Å². The molecule has 0 N–H and O–H groups in total. The normalized spacial score (nSPS) is 12.2. The van der Waals surface area contributed by atoms with Gasteiger partial charge in [0, 0.05) is 6.07 Å². The van der Waals surface area contributed by atoms with Gasteiger partial charge in [-0.1, -0.05) is 30.1 Å². The van der Waals surface area contributed by atoms with Crippen LogP contribution in [0.4, 0.5) is 13.2 Å². The van der Waals surface area contributed by atoms with Crippen molar-refractivity contribution in [2.75, 3.05) is 6.61 Å². The van der Waals surface area contributed by atoms with E-state index >= 15 is 0 Å². The molecule has 1 atom stereocenters. The molecule has 0 saturated heterocycles. The molecule has 2 aromatic rings. The van der Waals surface area contributed by atoms with Crippen molar-refractivity contribution in [1.29, 1.82) is 0 Å². The number of alkyl halides is 3. The second-order valence-electron chi connectivity index (χ2n) is 5.18. The number of rotatable bonds is 6. The van der Waals surface area contributed by atoms with Gasteiger partial charge in [-0.25, -0.2) is 0 Å². The summed E-state index contributed by atoms with van der Waals surface area (Å²) in [6, 6.07) is 5.87. The average molecular weight is 426 g/mol. The van der Waals surface area contributed by atoms with Gasteiger partial charge < -0.3 is 4.74 Å². The van der Waals surface area contributed by atoms with Crippen LogP contribution in [0.3, 0.4) is 0 Å². The van der Waals surface area contributed by atoms with Crippen LogP contribution >= 0.6 is 31.2 Å². The van der Waals surface area contributed by atoms with Crippen LogP contribution in [0.1, 0.15) is 25.0 Å². The van der Waals surface area contributed by atoms with Gasteiger partial charge in [0.15, 0.2) is 0 Å². The first-order chi connectivity index (χ1) is 12.2. The van der Waals surface area contributed by atoms with Crippen molar-refractivity contribution >= 4 is 36.5 Å². The SMILES string of the molecule is CCO[P+](=O)c1cc(Oc2ccc(C(F)(F)F)cc2Cl)c(CC)cc1Cl. The van der Waals surface area contributed by atoms with Crippen LogP contribution in [0.15, 0.2) is 30.3 Å². The van der Waals surface area contributed by atoms with E-state index in [-0.39, 0.29) is 27.7 Å². The maximum absolute atomic E-state index is 12.7. The zero-order valence-electron chi connectivity index (χ0n) is 13.9. The lowest BCUT2D eigenvalue weighted by atomic mass is 10.1. The van der Waals surface area contributed by atoms with Crippen molar-refractivity contribution in [1.82, 2.24) is 0 Å². The second-order valence-corrected chi connectivity index (χ2v) is 7.25. The summed E-state index contributed by atoms with van der Waals surface area (Å²) in [5.41, 5.74) is -0.184. The average Bonchev–Trinajstić information content (AvgIpc) is 2.56. The van der Waals surface area contributed by atoms with Gasteiger partial charge in [0.2, 0.25) is 5.30 Å². The molecule has 0 spiro atoms. The maximum Gasteiger partial charge on any atom is 0.550 e. The number of hydrogen-bond donors (Lipinski definition) is 0. The van der Waals surface area contributed by atoms with Gasteiger partial charge in [-0.3, -0.25) is 0 Å². The molecule has 3 nitrogen and oxygen atoms in total. The Labute approximate surface area is 159 Å². The minimum atomic E-state index is -4.50. The smallest absolute Gasteiger partial charge is 0.455 e. The molecular weight excluding hydrogens is 411 g/mol. The molecule has 0 heterocycles. The van der Waals surface area contributed by atoms with Gasteiger partial charge in [-0.05, 0) is 47.7 Å². The molecule has 0 aliphatic heterocycles. The fourth-order valence-corrected chi connectivity index (χ4v) is 3.61. The summed E-state index contributed by atoms with van der Waals surface area (Å²) < 4.78 is 61.1. The van der Waals surface area contributed by atoms with Crippen LogP contribution in [-0.2, 0) is 21.7 Å². The first kappa shape index (κ1) is 21.0. The summed E-state index contributed by atoms with van der Waals surface area (Å²) >= 11 is 12.1. The Hall–Kier alpha value is -1.33. The number of halogens is 5. The second kappa shape index (κ2) is 8.57. The highest BCUT2D eigenvalue weighted by Gasteiger charge is 2.31. The first-order valence-corrected chi connectivity index (χ1v) is 9.57. The monoisotopic (exact) mass is 425 g/mol. The van der Waals surface area contributed by atoms with Crippen molar-refractivity contribution in [2.24, 2.45) is 0 Å². The molecule has 2 rings (SSSR count). The van der Waals surface area contributed by atoms with Gasteiger partial charge in [0.05, 0.1) is 15.6 Å². The van der Waals surface area contributed by atoms with Crippen molar-refractivity contribution in [3.63, 3.8) is 0 Å². The Balaban J connectivity index is 2.42. The molecule has 2 aromatic carbocycles. The molecule has 1 unspecified atom stereocenters. The van der Waals surface area contributed by atoms with Crippen molar-refractivity contribution in [3.05, 3.63) is 51.5 Å². The summed E-state index contributed by atoms with van der Waals surface area (Å²) in [6.07, 6.45) is -3.96. The summed E-state index contributed by atoms with van der Waals surface area (Å²) in [5, 5.41) is 0.327. The first-order valence-electron chi connectivity index (χ1n) is 7.64. The molecule has 26 heavy (non-hydrogen) atoms. The number of hydrogen-bond acceptors (Lipinski definition) is 3. The van der Waals surface area contributed by atoms with E-state index in [1.807, 2.05) is 6.92 Å². The summed E-state index contributed by atoms with van der Waals surface area (Å²) in [5.74, 6) is 0.353. The predicted molar refractivity (Wildman–Crippen MR) is 96.2 cm³/mol. The standard InChI is InChI=1S/C17H15Cl2F3O3P/c1-3-10-7-13(19)16(26(23)24-4-2)9-15(10)25-14-6-5-11(8-12(14)18)17(20,21)22/h5-9H,3-4H2,1-2H3/q+1. The number of benzene rings is 2. The zero-order chi connectivity index (χ0) is 19.5. The summed E-state index contributed by atoms with van der Waals surface area (Å²) in [6.45, 7) is 3.79. The minimum Gasteiger partial charge on any atom is -0.455 e. The van der Waals surface area contributed by atoms with E-state index in [0.717, 1.165) is 18.2 Å². The van der Waals surface area contributed by atoms with E-state index in [1.54, 1.807) is 13.0 Å². The predicted octanol–water partition coefficient (Wildman–Crippen LogP) is 6.77. The van der Waals surface area contributed by atoms with E-state index in [2.05, 4.69) is 0 Å². The molecule has 9 heteroatoms. The highest BCUT2D eigenvalue weighted by molar-refractivity contribution is 7.48. The van der Waals surface area contributed by atoms with Crippen LogP contribution in [0.5, 0.6) is 11.5 Å². The summed E-state index contributed by atoms with van der Waals surface area (Å²) in [4.78, 5) is 0. The van der Waals surface area contributed by atoms with Gasteiger partial charge in [0.1, 0.15) is 18.1 Å². The molecule has 0 amide bonds. The van der Waals surface area contributed by atoms with Crippen LogP contribution in [0, 0.1) is 0 Å². The molecule has 0 aliphatic rings. The Morgan fingerprint density at radius 1 is 1.04 bits per heavy atom. The number of ether oxygens (including phenoxy) is 1. The fraction of sp³-hybridized carbons (Fsp3) is 0.294. The lowest BCUT2D eigenvalue weighted by Gasteiger charge is -2.13. The molecule has 0 radical (unpaired) electrons. The lowest BCUT2D eigenvalue weighted by molar-refractivity contribution is -0.137. The third-order valence-corrected chi connectivity index (χ3v) is 5.43. The Morgan fingerprint density at radius 2 is 1.73 bits per heavy atom. The quantitative estimate of drug-likeness (QED) is 0.479. The molecular formula is C17H15Cl2F3O3P+. The van der Waals surface area contributed by atoms with E-state index in [1.165, 1.54) is 6.07 Å². The Bertz CT molecular complexity index is 826. The van der Waals surface area contributed by atoms with E-state index < -0.39 is 19.8 Å². The molecule has 0 saturated carbocycles. The van der Waals surface area contributed by atoms with E-state index in [9.17, 15) is 17.7 Å². The molecule has 140 valence electrons. The van der Waals surface area contributed by atoms with Crippen molar-refractivity contribution in [2.45, 2.75) is 26.4 Å². The Morgan fingerprint density at radius 3 is 2.27 bits per heavy atom. The molecule has 0 aromatic heterocycles. The highest BCUT2D eigenvalue weighted by atomic mass is 35.5. The Kier molecular flexibility index (Phi) is 6.92. The van der Waals surface area contributed by atoms with Crippen LogP contribution in [0.2, 0.25) is 10.0 Å². The molecule has 0 fully saturated rings. The third kappa shape index (κ3) is 4.89. The van der Waals surface area contributed by atoms with E-state index in [0.29, 0.717) is 17.7 Å². The van der Waals surface area contributed by atoms with Gasteiger partial charge in [0.25, 0.3) is 0 Å². The van der Waals surface area contributed by atoms with Crippen molar-refractivity contribution < 1.29 is 27.0 Å². The van der Waals surface area contributed by atoms with Gasteiger partial charge in [-0.15, -0.1) is 4.52 Å². The zero-order valence-corrected chi connectivity index (χ0v) is 16.3. The van der Waals surface area contributed by atoms with Crippen molar-refractivity contribution in [3.8, 4) is 11.5 Å². The third-order valence-electron chi connectivity index (χ3n) is 3.43. The maximum atomic E-state index is 12.7. The minimum absolute atomic E-state index is 0.0503. The molecule has 0 aliphatic carbocycles. The number of aryl methyl sites for hydroxylation is 1. The summed E-state index contributed by atoms with van der Waals surface area (Å²) in [7, 11) is -2.18. The largest absolute Gasteiger partial charge is 0.550 e. The lowest BCUT2D eigenvalue weighted by Crippen LogP contribution is -2.06. The van der Waals surface area contributed by atoms with Gasteiger partial charge in [-0.2, -0.15) is 13.2 Å². The van der Waals surface area contributed by atoms with Crippen LogP contribution < -0.4 is 10.0 Å². The van der Waals surface area contributed by atoms with Crippen LogP contribution in [-0.4, -0.2) is 6.61 Å². The fourth-order valence-electron chi connectivity index (χ4n) is 2.16. The van der Waals surface area contributed by atoms with Crippen LogP contribution in [0.25, 0.3) is 0 Å².